The van der Waals surface area contributed by atoms with Crippen molar-refractivity contribution in [2.45, 2.75) is 18.5 Å². The molecule has 0 spiro atoms. The van der Waals surface area contributed by atoms with Crippen LogP contribution in [0.1, 0.15) is 23.5 Å². The maximum Gasteiger partial charge on any atom is 0.184 e. The lowest BCUT2D eigenvalue weighted by Gasteiger charge is -2.19. The number of nitrogens with one attached hydrogen (secondary N) is 1. The predicted molar refractivity (Wildman–Crippen MR) is 66.0 cm³/mol. The molecule has 1 saturated heterocycles. The third-order valence-electron chi connectivity index (χ3n) is 2.92. The second-order valence-corrected chi connectivity index (χ2v) is 4.31. The van der Waals surface area contributed by atoms with Gasteiger partial charge in [0.05, 0.1) is 19.3 Å². The van der Waals surface area contributed by atoms with Gasteiger partial charge in [0.25, 0.3) is 0 Å². The average molecular weight is 253 g/mol. The Hall–Kier alpha value is -0.980. The summed E-state index contributed by atoms with van der Waals surface area (Å²) in [6.07, 6.45) is -2.12. The van der Waals surface area contributed by atoms with Crippen molar-refractivity contribution >= 4 is 0 Å². The zero-order valence-corrected chi connectivity index (χ0v) is 10.4. The molecule has 2 atom stereocenters. The zero-order valence-electron chi connectivity index (χ0n) is 10.4. The third-order valence-corrected chi connectivity index (χ3v) is 2.92. The van der Waals surface area contributed by atoms with Crippen LogP contribution in [0.15, 0.2) is 24.3 Å². The Kier molecular flexibility index (Phi) is 4.68. The minimum Gasteiger partial charge on any atom is -0.389 e. The first kappa shape index (κ1) is 13.5. The van der Waals surface area contributed by atoms with Gasteiger partial charge in [-0.05, 0) is 18.7 Å². The molecule has 0 aromatic heterocycles. The molecular weight excluding hydrogens is 234 g/mol. The van der Waals surface area contributed by atoms with Crippen LogP contribution < -0.4 is 5.32 Å². The SMILES string of the molecule is CNCC(O)C(O)c1cccc(C2OCCO2)c1. The van der Waals surface area contributed by atoms with E-state index < -0.39 is 12.2 Å². The van der Waals surface area contributed by atoms with E-state index in [9.17, 15) is 10.2 Å². The van der Waals surface area contributed by atoms with Gasteiger partial charge in [-0.1, -0.05) is 18.2 Å². The molecule has 1 heterocycles. The van der Waals surface area contributed by atoms with Gasteiger partial charge in [0.15, 0.2) is 6.29 Å². The van der Waals surface area contributed by atoms with E-state index >= 15 is 0 Å². The van der Waals surface area contributed by atoms with E-state index in [1.165, 1.54) is 0 Å². The zero-order chi connectivity index (χ0) is 13.0. The van der Waals surface area contributed by atoms with E-state index in [0.29, 0.717) is 25.3 Å². The molecule has 5 nitrogen and oxygen atoms in total. The molecule has 2 unspecified atom stereocenters. The van der Waals surface area contributed by atoms with Crippen molar-refractivity contribution in [3.63, 3.8) is 0 Å². The van der Waals surface area contributed by atoms with Gasteiger partial charge in [-0.2, -0.15) is 0 Å². The molecule has 0 amide bonds. The Morgan fingerprint density at radius 2 is 2.06 bits per heavy atom. The van der Waals surface area contributed by atoms with Gasteiger partial charge in [0, 0.05) is 12.1 Å². The molecule has 2 rings (SSSR count). The smallest absolute Gasteiger partial charge is 0.184 e. The van der Waals surface area contributed by atoms with Crippen LogP contribution in [0.5, 0.6) is 0 Å². The van der Waals surface area contributed by atoms with Crippen molar-refractivity contribution in [1.82, 2.24) is 5.32 Å². The number of hydrogen-bond donors (Lipinski definition) is 3. The van der Waals surface area contributed by atoms with Gasteiger partial charge in [0.2, 0.25) is 0 Å². The number of likely N-dealkylation sites (N-methyl/N-ethyl adjacent to an activating group) is 1. The number of hydrogen-bond acceptors (Lipinski definition) is 5. The Morgan fingerprint density at radius 3 is 2.72 bits per heavy atom. The van der Waals surface area contributed by atoms with Gasteiger partial charge in [-0.25, -0.2) is 0 Å². The molecule has 5 heteroatoms. The molecule has 1 aromatic carbocycles. The molecule has 1 aromatic rings. The highest BCUT2D eigenvalue weighted by Crippen LogP contribution is 2.26. The molecule has 3 N–H and O–H groups in total. The molecule has 0 bridgehead atoms. The van der Waals surface area contributed by atoms with Crippen LogP contribution in [-0.2, 0) is 9.47 Å². The van der Waals surface area contributed by atoms with Crippen molar-refractivity contribution in [3.8, 4) is 0 Å². The number of ether oxygens (including phenoxy) is 2. The molecular formula is C13H19NO4. The first-order valence-corrected chi connectivity index (χ1v) is 6.06. The Labute approximate surface area is 106 Å². The fourth-order valence-electron chi connectivity index (χ4n) is 1.98. The van der Waals surface area contributed by atoms with E-state index in [2.05, 4.69) is 5.32 Å². The largest absolute Gasteiger partial charge is 0.389 e. The molecule has 0 aliphatic carbocycles. The fraction of sp³-hybridized carbons (Fsp3) is 0.538. The normalized spacial score (nSPS) is 19.9. The highest BCUT2D eigenvalue weighted by Gasteiger charge is 2.22. The summed E-state index contributed by atoms with van der Waals surface area (Å²) in [7, 11) is 1.73. The predicted octanol–water partition coefficient (Wildman–Crippen LogP) is 0.346. The van der Waals surface area contributed by atoms with Crippen molar-refractivity contribution in [3.05, 3.63) is 35.4 Å². The second-order valence-electron chi connectivity index (χ2n) is 4.31. The summed E-state index contributed by atoms with van der Waals surface area (Å²) >= 11 is 0. The van der Waals surface area contributed by atoms with Crippen LogP contribution in [0, 0.1) is 0 Å². The summed E-state index contributed by atoms with van der Waals surface area (Å²) in [4.78, 5) is 0. The summed E-state index contributed by atoms with van der Waals surface area (Å²) in [5.41, 5.74) is 1.52. The summed E-state index contributed by atoms with van der Waals surface area (Å²) in [5, 5.41) is 22.6. The Balaban J connectivity index is 2.10. The summed E-state index contributed by atoms with van der Waals surface area (Å²) in [5.74, 6) is 0. The van der Waals surface area contributed by atoms with Crippen LogP contribution >= 0.6 is 0 Å². The van der Waals surface area contributed by atoms with E-state index in [0.717, 1.165) is 5.56 Å². The molecule has 1 aliphatic heterocycles. The van der Waals surface area contributed by atoms with E-state index in [4.69, 9.17) is 9.47 Å². The molecule has 18 heavy (non-hydrogen) atoms. The minimum absolute atomic E-state index is 0.335. The molecule has 1 aliphatic rings. The minimum atomic E-state index is -0.918. The summed E-state index contributed by atoms with van der Waals surface area (Å²) < 4.78 is 10.8. The van der Waals surface area contributed by atoms with Crippen molar-refractivity contribution in [1.29, 1.82) is 0 Å². The van der Waals surface area contributed by atoms with E-state index in [1.807, 2.05) is 12.1 Å². The van der Waals surface area contributed by atoms with Gasteiger partial charge < -0.3 is 25.0 Å². The monoisotopic (exact) mass is 253 g/mol. The van der Waals surface area contributed by atoms with Gasteiger partial charge >= 0.3 is 0 Å². The lowest BCUT2D eigenvalue weighted by molar-refractivity contribution is -0.0444. The van der Waals surface area contributed by atoms with Crippen LogP contribution in [0.4, 0.5) is 0 Å². The summed E-state index contributed by atoms with van der Waals surface area (Å²) in [6.45, 7) is 1.50. The van der Waals surface area contributed by atoms with E-state index in [-0.39, 0.29) is 6.29 Å². The molecule has 1 fully saturated rings. The van der Waals surface area contributed by atoms with Crippen LogP contribution in [0.25, 0.3) is 0 Å². The molecule has 0 saturated carbocycles. The van der Waals surface area contributed by atoms with Crippen LogP contribution in [-0.4, -0.2) is 43.1 Å². The average Bonchev–Trinajstić information content (AvgIpc) is 2.92. The molecule has 100 valence electrons. The second kappa shape index (κ2) is 6.26. The Bertz CT molecular complexity index is 379. The highest BCUT2D eigenvalue weighted by molar-refractivity contribution is 5.27. The third kappa shape index (κ3) is 3.07. The first-order chi connectivity index (χ1) is 8.72. The lowest BCUT2D eigenvalue weighted by atomic mass is 10.0. The van der Waals surface area contributed by atoms with Crippen molar-refractivity contribution in [2.24, 2.45) is 0 Å². The highest BCUT2D eigenvalue weighted by atomic mass is 16.7. The molecule has 0 radical (unpaired) electrons. The van der Waals surface area contributed by atoms with Crippen molar-refractivity contribution < 1.29 is 19.7 Å². The van der Waals surface area contributed by atoms with Gasteiger partial charge in [0.1, 0.15) is 6.10 Å². The van der Waals surface area contributed by atoms with Gasteiger partial charge in [-0.3, -0.25) is 0 Å². The van der Waals surface area contributed by atoms with E-state index in [1.54, 1.807) is 19.2 Å². The maximum atomic E-state index is 10.0. The van der Waals surface area contributed by atoms with Crippen LogP contribution in [0.3, 0.4) is 0 Å². The lowest BCUT2D eigenvalue weighted by Crippen LogP contribution is -2.29. The number of aliphatic hydroxyl groups excluding tert-OH is 2. The van der Waals surface area contributed by atoms with Gasteiger partial charge in [-0.15, -0.1) is 0 Å². The topological polar surface area (TPSA) is 71.0 Å². The number of aliphatic hydroxyl groups is 2. The van der Waals surface area contributed by atoms with Crippen molar-refractivity contribution in [2.75, 3.05) is 26.8 Å². The fourth-order valence-corrected chi connectivity index (χ4v) is 1.98. The summed E-state index contributed by atoms with van der Waals surface area (Å²) in [6, 6.07) is 7.29. The first-order valence-electron chi connectivity index (χ1n) is 6.06. The number of benzene rings is 1. The standard InChI is InChI=1S/C13H19NO4/c1-14-8-11(15)12(16)9-3-2-4-10(7-9)13-17-5-6-18-13/h2-4,7,11-16H,5-6,8H2,1H3. The Morgan fingerprint density at radius 1 is 1.33 bits per heavy atom. The quantitative estimate of drug-likeness (QED) is 0.706. The number of rotatable bonds is 5. The van der Waals surface area contributed by atoms with Crippen LogP contribution in [0.2, 0.25) is 0 Å². The maximum absolute atomic E-state index is 10.0.